The van der Waals surface area contributed by atoms with Crippen molar-refractivity contribution in [3.05, 3.63) is 93.7 Å². The maximum atomic E-state index is 12.4. The van der Waals surface area contributed by atoms with E-state index < -0.39 is 5.91 Å². The predicted octanol–water partition coefficient (Wildman–Crippen LogP) is 4.36. The van der Waals surface area contributed by atoms with Gasteiger partial charge in [0.25, 0.3) is 5.91 Å². The number of hydrogen-bond acceptors (Lipinski definition) is 5. The number of aromatic nitrogens is 3. The van der Waals surface area contributed by atoms with E-state index in [4.69, 9.17) is 9.15 Å². The first-order chi connectivity index (χ1) is 14.2. The van der Waals surface area contributed by atoms with Crippen LogP contribution in [0, 0.1) is 3.57 Å². The molecule has 0 radical (unpaired) electrons. The zero-order valence-corrected chi connectivity index (χ0v) is 17.4. The van der Waals surface area contributed by atoms with Gasteiger partial charge in [0.1, 0.15) is 24.4 Å². The van der Waals surface area contributed by atoms with E-state index in [1.54, 1.807) is 23.1 Å². The smallest absolute Gasteiger partial charge is 0.293 e. The molecule has 0 unspecified atom stereocenters. The molecular weight excluding hydrogens is 483 g/mol. The van der Waals surface area contributed by atoms with Gasteiger partial charge in [-0.15, -0.1) is 5.10 Å². The molecule has 4 aromatic rings. The van der Waals surface area contributed by atoms with Gasteiger partial charge in [0.2, 0.25) is 5.95 Å². The third kappa shape index (κ3) is 5.23. The number of nitrogens with zero attached hydrogens (tertiary/aromatic N) is 3. The molecule has 0 aliphatic rings. The van der Waals surface area contributed by atoms with Crippen molar-refractivity contribution in [2.24, 2.45) is 0 Å². The minimum atomic E-state index is -0.414. The number of benzene rings is 2. The average molecular weight is 500 g/mol. The molecule has 0 saturated carbocycles. The minimum Gasteiger partial charge on any atom is -0.486 e. The van der Waals surface area contributed by atoms with Crippen LogP contribution in [-0.2, 0) is 13.2 Å². The number of carbonyl (C=O) groups excluding carboxylic acids is 1. The molecule has 0 bridgehead atoms. The van der Waals surface area contributed by atoms with Gasteiger partial charge in [-0.1, -0.05) is 30.3 Å². The molecule has 8 heteroatoms. The van der Waals surface area contributed by atoms with Crippen LogP contribution in [0.2, 0.25) is 0 Å². The van der Waals surface area contributed by atoms with Crippen molar-refractivity contribution in [3.8, 4) is 5.75 Å². The summed E-state index contributed by atoms with van der Waals surface area (Å²) < 4.78 is 14.0. The molecule has 146 valence electrons. The highest BCUT2D eigenvalue weighted by molar-refractivity contribution is 14.1. The number of nitrogens with one attached hydrogen (secondary N) is 1. The van der Waals surface area contributed by atoms with Crippen LogP contribution in [0.1, 0.15) is 21.9 Å². The number of halogens is 1. The summed E-state index contributed by atoms with van der Waals surface area (Å²) in [6.45, 7) is 0.808. The van der Waals surface area contributed by atoms with Gasteiger partial charge in [-0.25, -0.2) is 9.67 Å². The van der Waals surface area contributed by atoms with E-state index in [2.05, 4.69) is 38.0 Å². The van der Waals surface area contributed by atoms with E-state index in [1.165, 1.54) is 0 Å². The Hall–Kier alpha value is -3.14. The van der Waals surface area contributed by atoms with Gasteiger partial charge >= 0.3 is 0 Å². The van der Waals surface area contributed by atoms with Gasteiger partial charge in [0.05, 0.1) is 6.54 Å². The average Bonchev–Trinajstić information content (AvgIpc) is 3.38. The van der Waals surface area contributed by atoms with Crippen LogP contribution < -0.4 is 10.1 Å². The standard InChI is InChI=1S/C21H17IN4O3/c22-16-6-8-17(9-7-16)28-13-18-10-11-19(29-18)20(27)24-21-23-14-26(25-21)12-15-4-2-1-3-5-15/h1-11,14H,12-13H2,(H,24,25,27). The summed E-state index contributed by atoms with van der Waals surface area (Å²) in [7, 11) is 0. The summed E-state index contributed by atoms with van der Waals surface area (Å²) in [5.74, 6) is 1.27. The predicted molar refractivity (Wildman–Crippen MR) is 116 cm³/mol. The molecule has 0 saturated heterocycles. The van der Waals surface area contributed by atoms with Gasteiger partial charge in [-0.2, -0.15) is 0 Å². The second kappa shape index (κ2) is 8.91. The van der Waals surface area contributed by atoms with E-state index in [-0.39, 0.29) is 18.3 Å². The summed E-state index contributed by atoms with van der Waals surface area (Å²) in [6.07, 6.45) is 1.57. The molecule has 1 amide bonds. The number of carbonyl (C=O) groups is 1. The van der Waals surface area contributed by atoms with Crippen LogP contribution in [0.4, 0.5) is 5.95 Å². The lowest BCUT2D eigenvalue weighted by molar-refractivity contribution is 0.0991. The lowest BCUT2D eigenvalue weighted by Gasteiger charge is -2.04. The largest absolute Gasteiger partial charge is 0.486 e. The molecule has 2 aromatic heterocycles. The fraction of sp³-hybridized carbons (Fsp3) is 0.0952. The van der Waals surface area contributed by atoms with E-state index >= 15 is 0 Å². The Morgan fingerprint density at radius 1 is 1.07 bits per heavy atom. The summed E-state index contributed by atoms with van der Waals surface area (Å²) in [4.78, 5) is 16.5. The van der Waals surface area contributed by atoms with Crippen molar-refractivity contribution in [1.82, 2.24) is 14.8 Å². The quantitative estimate of drug-likeness (QED) is 0.382. The Kier molecular flexibility index (Phi) is 5.89. The number of amides is 1. The number of anilines is 1. The maximum absolute atomic E-state index is 12.4. The van der Waals surface area contributed by atoms with E-state index in [9.17, 15) is 4.79 Å². The van der Waals surface area contributed by atoms with Crippen LogP contribution in [0.5, 0.6) is 5.75 Å². The van der Waals surface area contributed by atoms with Gasteiger partial charge in [0, 0.05) is 3.57 Å². The molecule has 0 atom stereocenters. The zero-order chi connectivity index (χ0) is 20.1. The third-order valence-electron chi connectivity index (χ3n) is 4.03. The minimum absolute atomic E-state index is 0.172. The first-order valence-corrected chi connectivity index (χ1v) is 9.95. The highest BCUT2D eigenvalue weighted by Crippen LogP contribution is 2.17. The molecule has 0 fully saturated rings. The molecular formula is C21H17IN4O3. The van der Waals surface area contributed by atoms with Crippen molar-refractivity contribution in [2.75, 3.05) is 5.32 Å². The van der Waals surface area contributed by atoms with Gasteiger partial charge in [-0.05, 0) is 64.6 Å². The number of ether oxygens (including phenoxy) is 1. The lowest BCUT2D eigenvalue weighted by atomic mass is 10.2. The Balaban J connectivity index is 1.32. The monoisotopic (exact) mass is 500 g/mol. The fourth-order valence-electron chi connectivity index (χ4n) is 2.62. The van der Waals surface area contributed by atoms with Crippen molar-refractivity contribution in [3.63, 3.8) is 0 Å². The molecule has 7 nitrogen and oxygen atoms in total. The van der Waals surface area contributed by atoms with E-state index in [1.807, 2.05) is 54.6 Å². The molecule has 0 aliphatic heterocycles. The Morgan fingerprint density at radius 3 is 2.66 bits per heavy atom. The number of rotatable bonds is 7. The Bertz CT molecular complexity index is 1090. The third-order valence-corrected chi connectivity index (χ3v) is 4.75. The summed E-state index contributed by atoms with van der Waals surface area (Å²) in [5, 5.41) is 6.91. The molecule has 2 aromatic carbocycles. The maximum Gasteiger partial charge on any atom is 0.293 e. The highest BCUT2D eigenvalue weighted by atomic mass is 127. The number of furan rings is 1. The highest BCUT2D eigenvalue weighted by Gasteiger charge is 2.14. The summed E-state index contributed by atoms with van der Waals surface area (Å²) in [5.41, 5.74) is 1.10. The van der Waals surface area contributed by atoms with Crippen LogP contribution in [0.25, 0.3) is 0 Å². The van der Waals surface area contributed by atoms with Crippen LogP contribution in [-0.4, -0.2) is 20.7 Å². The first-order valence-electron chi connectivity index (χ1n) is 8.87. The summed E-state index contributed by atoms with van der Waals surface area (Å²) in [6, 6.07) is 20.9. The molecule has 0 aliphatic carbocycles. The van der Waals surface area contributed by atoms with Gasteiger partial charge in [-0.3, -0.25) is 10.1 Å². The second-order valence-electron chi connectivity index (χ2n) is 6.21. The second-order valence-corrected chi connectivity index (χ2v) is 7.46. The topological polar surface area (TPSA) is 82.2 Å². The number of hydrogen-bond donors (Lipinski definition) is 1. The lowest BCUT2D eigenvalue weighted by Crippen LogP contribution is -2.12. The Morgan fingerprint density at radius 2 is 1.86 bits per heavy atom. The normalized spacial score (nSPS) is 10.7. The van der Waals surface area contributed by atoms with Gasteiger partial charge in [0.15, 0.2) is 5.76 Å². The fourth-order valence-corrected chi connectivity index (χ4v) is 2.98. The van der Waals surface area contributed by atoms with Crippen molar-refractivity contribution in [1.29, 1.82) is 0 Å². The van der Waals surface area contributed by atoms with Crippen molar-refractivity contribution in [2.45, 2.75) is 13.2 Å². The molecule has 29 heavy (non-hydrogen) atoms. The molecule has 0 spiro atoms. The first kappa shape index (κ1) is 19.2. The Labute approximate surface area is 180 Å². The van der Waals surface area contributed by atoms with Crippen LogP contribution >= 0.6 is 22.6 Å². The molecule has 2 heterocycles. The molecule has 4 rings (SSSR count). The summed E-state index contributed by atoms with van der Waals surface area (Å²) >= 11 is 2.23. The van der Waals surface area contributed by atoms with Gasteiger partial charge < -0.3 is 9.15 Å². The SMILES string of the molecule is O=C(Nc1ncn(Cc2ccccc2)n1)c1ccc(COc2ccc(I)cc2)o1. The van der Waals surface area contributed by atoms with Crippen molar-refractivity contribution < 1.29 is 13.9 Å². The van der Waals surface area contributed by atoms with Crippen molar-refractivity contribution >= 4 is 34.4 Å². The van der Waals surface area contributed by atoms with E-state index in [0.717, 1.165) is 14.9 Å². The van der Waals surface area contributed by atoms with E-state index in [0.29, 0.717) is 12.3 Å². The van der Waals surface area contributed by atoms with Crippen LogP contribution in [0.3, 0.4) is 0 Å². The zero-order valence-electron chi connectivity index (χ0n) is 15.3. The van der Waals surface area contributed by atoms with Crippen LogP contribution in [0.15, 0.2) is 77.5 Å². The molecule has 1 N–H and O–H groups in total.